The monoisotopic (exact) mass is 355 g/mol. The van der Waals surface area contributed by atoms with Gasteiger partial charge in [-0.3, -0.25) is 19.7 Å². The van der Waals surface area contributed by atoms with Crippen LogP contribution in [0.2, 0.25) is 0 Å². The van der Waals surface area contributed by atoms with Crippen molar-refractivity contribution in [3.05, 3.63) is 59.1 Å². The van der Waals surface area contributed by atoms with E-state index in [-0.39, 0.29) is 17.8 Å². The molecule has 2 N–H and O–H groups in total. The van der Waals surface area contributed by atoms with Gasteiger partial charge in [-0.1, -0.05) is 18.2 Å². The van der Waals surface area contributed by atoms with Crippen molar-refractivity contribution in [3.63, 3.8) is 0 Å². The normalized spacial score (nSPS) is 15.1. The maximum atomic E-state index is 11.8. The number of pyridine rings is 1. The van der Waals surface area contributed by atoms with E-state index in [4.69, 9.17) is 4.74 Å². The standard InChI is InChI=1S/C17H13N3O4S/c21-15(19-14-3-1-2-8-18-14)10-24-12-6-4-11(5-7-12)9-13-16(22)20-17(23)25-13/h1-9H,10H2,(H,18,19,21)(H,20,22,23). The maximum Gasteiger partial charge on any atom is 0.290 e. The molecule has 3 amide bonds. The smallest absolute Gasteiger partial charge is 0.290 e. The van der Waals surface area contributed by atoms with Crippen molar-refractivity contribution in [2.45, 2.75) is 0 Å². The number of thioether (sulfide) groups is 1. The molecule has 1 aromatic heterocycles. The third kappa shape index (κ3) is 4.67. The summed E-state index contributed by atoms with van der Waals surface area (Å²) in [6.45, 7) is -0.149. The Kier molecular flexibility index (Phi) is 5.10. The summed E-state index contributed by atoms with van der Waals surface area (Å²) in [6, 6.07) is 12.0. The molecule has 0 bridgehead atoms. The minimum atomic E-state index is -0.401. The van der Waals surface area contributed by atoms with E-state index >= 15 is 0 Å². The van der Waals surface area contributed by atoms with Crippen LogP contribution >= 0.6 is 11.8 Å². The minimum absolute atomic E-state index is 0.149. The minimum Gasteiger partial charge on any atom is -0.484 e. The summed E-state index contributed by atoms with van der Waals surface area (Å²) in [7, 11) is 0. The van der Waals surface area contributed by atoms with Crippen molar-refractivity contribution in [2.75, 3.05) is 11.9 Å². The molecule has 2 heterocycles. The lowest BCUT2D eigenvalue weighted by Crippen LogP contribution is -2.20. The largest absolute Gasteiger partial charge is 0.484 e. The van der Waals surface area contributed by atoms with Gasteiger partial charge in [0.25, 0.3) is 17.1 Å². The zero-order valence-corrected chi connectivity index (χ0v) is 13.7. The Balaban J connectivity index is 1.54. The van der Waals surface area contributed by atoms with Gasteiger partial charge < -0.3 is 10.1 Å². The highest BCUT2D eigenvalue weighted by Gasteiger charge is 2.24. The van der Waals surface area contributed by atoms with Crippen LogP contribution in [0, 0.1) is 0 Å². The third-order valence-corrected chi connectivity index (χ3v) is 3.93. The number of carbonyl (C=O) groups excluding carboxylic acids is 3. The van der Waals surface area contributed by atoms with Crippen LogP contribution in [0.3, 0.4) is 0 Å². The lowest BCUT2D eigenvalue weighted by atomic mass is 10.2. The van der Waals surface area contributed by atoms with Crippen molar-refractivity contribution in [2.24, 2.45) is 0 Å². The van der Waals surface area contributed by atoms with Crippen molar-refractivity contribution in [1.82, 2.24) is 10.3 Å². The first-order chi connectivity index (χ1) is 12.1. The van der Waals surface area contributed by atoms with E-state index in [1.165, 1.54) is 0 Å². The molecule has 1 aliphatic rings. The zero-order valence-electron chi connectivity index (χ0n) is 12.9. The Morgan fingerprint density at radius 2 is 2.00 bits per heavy atom. The average Bonchev–Trinajstić information content (AvgIpc) is 2.92. The number of aromatic nitrogens is 1. The second-order valence-electron chi connectivity index (χ2n) is 4.97. The van der Waals surface area contributed by atoms with Crippen LogP contribution in [-0.4, -0.2) is 28.6 Å². The van der Waals surface area contributed by atoms with Gasteiger partial charge in [0.2, 0.25) is 0 Å². The number of imide groups is 1. The molecule has 3 rings (SSSR count). The molecule has 0 spiro atoms. The fraction of sp³-hybridized carbons (Fsp3) is 0.0588. The molecule has 0 aliphatic carbocycles. The van der Waals surface area contributed by atoms with E-state index in [9.17, 15) is 14.4 Å². The second-order valence-corrected chi connectivity index (χ2v) is 5.99. The number of amides is 3. The van der Waals surface area contributed by atoms with E-state index in [0.717, 1.165) is 17.3 Å². The first-order valence-corrected chi connectivity index (χ1v) is 8.10. The number of nitrogens with zero attached hydrogens (tertiary/aromatic N) is 1. The molecule has 25 heavy (non-hydrogen) atoms. The quantitative estimate of drug-likeness (QED) is 0.800. The Morgan fingerprint density at radius 1 is 1.20 bits per heavy atom. The maximum absolute atomic E-state index is 11.8. The highest BCUT2D eigenvalue weighted by molar-refractivity contribution is 8.18. The molecule has 1 aliphatic heterocycles. The first-order valence-electron chi connectivity index (χ1n) is 7.29. The molecule has 2 aromatic rings. The van der Waals surface area contributed by atoms with Crippen LogP contribution in [0.1, 0.15) is 5.56 Å². The van der Waals surface area contributed by atoms with E-state index in [1.54, 1.807) is 54.7 Å². The van der Waals surface area contributed by atoms with Gasteiger partial charge in [-0.2, -0.15) is 0 Å². The fourth-order valence-electron chi connectivity index (χ4n) is 2.00. The number of nitrogens with one attached hydrogen (secondary N) is 2. The summed E-state index contributed by atoms with van der Waals surface area (Å²) in [6.07, 6.45) is 3.20. The first kappa shape index (κ1) is 16.7. The molecule has 0 radical (unpaired) electrons. The van der Waals surface area contributed by atoms with Crippen molar-refractivity contribution >= 4 is 40.7 Å². The van der Waals surface area contributed by atoms with E-state index < -0.39 is 5.91 Å². The number of hydrogen-bond acceptors (Lipinski definition) is 6. The summed E-state index contributed by atoms with van der Waals surface area (Å²) in [4.78, 5) is 38.7. The molecule has 0 saturated carbocycles. The SMILES string of the molecule is O=C(COc1ccc(C=C2SC(=O)NC2=O)cc1)Nc1ccccn1. The molecule has 0 atom stereocenters. The Labute approximate surface area is 147 Å². The third-order valence-electron chi connectivity index (χ3n) is 3.12. The van der Waals surface area contributed by atoms with Gasteiger partial charge in [0.05, 0.1) is 4.91 Å². The molecule has 8 heteroatoms. The molecule has 1 aromatic carbocycles. The zero-order chi connectivity index (χ0) is 17.6. The molecular formula is C17H13N3O4S. The van der Waals surface area contributed by atoms with E-state index in [1.807, 2.05) is 0 Å². The molecule has 7 nitrogen and oxygen atoms in total. The Bertz CT molecular complexity index is 835. The molecule has 1 saturated heterocycles. The summed E-state index contributed by atoms with van der Waals surface area (Å²) in [5.74, 6) is 0.252. The lowest BCUT2D eigenvalue weighted by molar-refractivity contribution is -0.118. The number of benzene rings is 1. The molecule has 1 fully saturated rings. The number of hydrogen-bond donors (Lipinski definition) is 2. The summed E-state index contributed by atoms with van der Waals surface area (Å²) in [5, 5.41) is 4.43. The molecule has 126 valence electrons. The van der Waals surface area contributed by atoms with Gasteiger partial charge in [-0.25, -0.2) is 4.98 Å². The fourth-order valence-corrected chi connectivity index (χ4v) is 2.68. The second kappa shape index (κ2) is 7.63. The van der Waals surface area contributed by atoms with E-state index in [2.05, 4.69) is 15.6 Å². The van der Waals surface area contributed by atoms with E-state index in [0.29, 0.717) is 16.5 Å². The topological polar surface area (TPSA) is 97.4 Å². The van der Waals surface area contributed by atoms with Crippen LogP contribution < -0.4 is 15.4 Å². The van der Waals surface area contributed by atoms with Gasteiger partial charge in [0.15, 0.2) is 6.61 Å². The van der Waals surface area contributed by atoms with Gasteiger partial charge in [-0.15, -0.1) is 0 Å². The van der Waals surface area contributed by atoms with Crippen LogP contribution in [-0.2, 0) is 9.59 Å². The molecule has 0 unspecified atom stereocenters. The van der Waals surface area contributed by atoms with Crippen LogP contribution in [0.15, 0.2) is 53.6 Å². The van der Waals surface area contributed by atoms with Crippen LogP contribution in [0.4, 0.5) is 10.6 Å². The summed E-state index contributed by atoms with van der Waals surface area (Å²) in [5.41, 5.74) is 0.748. The Morgan fingerprint density at radius 3 is 2.64 bits per heavy atom. The van der Waals surface area contributed by atoms with Crippen molar-refractivity contribution in [3.8, 4) is 5.75 Å². The Hall–Kier alpha value is -3.13. The predicted molar refractivity (Wildman–Crippen MR) is 93.9 cm³/mol. The number of anilines is 1. The summed E-state index contributed by atoms with van der Waals surface area (Å²) >= 11 is 0.859. The number of rotatable bonds is 5. The van der Waals surface area contributed by atoms with Crippen molar-refractivity contribution < 1.29 is 19.1 Å². The van der Waals surface area contributed by atoms with Gasteiger partial charge in [-0.05, 0) is 47.7 Å². The van der Waals surface area contributed by atoms with Crippen molar-refractivity contribution in [1.29, 1.82) is 0 Å². The van der Waals surface area contributed by atoms with Gasteiger partial charge in [0, 0.05) is 6.20 Å². The number of carbonyl (C=O) groups is 3. The number of ether oxygens (including phenoxy) is 1. The predicted octanol–water partition coefficient (Wildman–Crippen LogP) is 2.42. The summed E-state index contributed by atoms with van der Waals surface area (Å²) < 4.78 is 5.40. The van der Waals surface area contributed by atoms with Gasteiger partial charge in [0.1, 0.15) is 11.6 Å². The highest BCUT2D eigenvalue weighted by atomic mass is 32.2. The average molecular weight is 355 g/mol. The lowest BCUT2D eigenvalue weighted by Gasteiger charge is -2.07. The van der Waals surface area contributed by atoms with Gasteiger partial charge >= 0.3 is 0 Å². The highest BCUT2D eigenvalue weighted by Crippen LogP contribution is 2.26. The van der Waals surface area contributed by atoms with Crippen LogP contribution in [0.25, 0.3) is 6.08 Å². The molecular weight excluding hydrogens is 342 g/mol. The van der Waals surface area contributed by atoms with Crippen LogP contribution in [0.5, 0.6) is 5.75 Å².